The highest BCUT2D eigenvalue weighted by Gasteiger charge is 2.15. The van der Waals surface area contributed by atoms with E-state index in [4.69, 9.17) is 5.14 Å². The van der Waals surface area contributed by atoms with E-state index in [1.54, 1.807) is 30.3 Å². The van der Waals surface area contributed by atoms with E-state index in [-0.39, 0.29) is 16.4 Å². The van der Waals surface area contributed by atoms with Gasteiger partial charge in [-0.2, -0.15) is 0 Å². The summed E-state index contributed by atoms with van der Waals surface area (Å²) in [6.07, 6.45) is 4.23. The molecule has 0 unspecified atom stereocenters. The number of aryl methyl sites for hydroxylation is 1. The highest BCUT2D eigenvalue weighted by Crippen LogP contribution is 2.19. The molecular formula is C18H19NO4S. The zero-order valence-corrected chi connectivity index (χ0v) is 14.1. The number of ketones is 1. The molecule has 0 spiro atoms. The van der Waals surface area contributed by atoms with Crippen molar-refractivity contribution in [2.24, 2.45) is 5.14 Å². The molecule has 3 N–H and O–H groups in total. The number of rotatable bonds is 6. The third-order valence-electron chi connectivity index (χ3n) is 3.47. The molecule has 2 aromatic rings. The van der Waals surface area contributed by atoms with Crippen molar-refractivity contribution in [1.82, 2.24) is 0 Å². The number of nitrogens with two attached hydrogens (primary N) is 1. The van der Waals surface area contributed by atoms with Gasteiger partial charge >= 0.3 is 0 Å². The lowest BCUT2D eigenvalue weighted by molar-refractivity contribution is 0.104. The van der Waals surface area contributed by atoms with Crippen molar-refractivity contribution >= 4 is 21.9 Å². The van der Waals surface area contributed by atoms with Crippen LogP contribution in [0.3, 0.4) is 0 Å². The average molecular weight is 345 g/mol. The molecule has 6 heteroatoms. The summed E-state index contributed by atoms with van der Waals surface area (Å²) in [5.41, 5.74) is 1.62. The number of hydrogen-bond acceptors (Lipinski definition) is 4. The van der Waals surface area contributed by atoms with Crippen LogP contribution in [0.4, 0.5) is 0 Å². The van der Waals surface area contributed by atoms with Gasteiger partial charge in [-0.3, -0.25) is 4.79 Å². The SMILES string of the molecule is CCCc1cc(C(=O)/C=C/c2cccc(O)c2)ccc1S(N)(=O)=O. The smallest absolute Gasteiger partial charge is 0.238 e. The Labute approximate surface area is 141 Å². The molecule has 0 fully saturated rings. The molecule has 0 atom stereocenters. The van der Waals surface area contributed by atoms with E-state index in [9.17, 15) is 18.3 Å². The Kier molecular flexibility index (Phi) is 5.54. The molecule has 0 bridgehead atoms. The average Bonchev–Trinajstić information content (AvgIpc) is 2.52. The van der Waals surface area contributed by atoms with Crippen LogP contribution in [0.2, 0.25) is 0 Å². The van der Waals surface area contributed by atoms with Crippen LogP contribution in [-0.4, -0.2) is 19.3 Å². The Bertz CT molecular complexity index is 886. The van der Waals surface area contributed by atoms with Gasteiger partial charge in [0.2, 0.25) is 10.0 Å². The molecule has 0 aliphatic carbocycles. The predicted octanol–water partition coefficient (Wildman–Crippen LogP) is 2.89. The third kappa shape index (κ3) is 4.53. The number of sulfonamides is 1. The van der Waals surface area contributed by atoms with Crippen molar-refractivity contribution < 1.29 is 18.3 Å². The van der Waals surface area contributed by atoms with Crippen molar-refractivity contribution in [1.29, 1.82) is 0 Å². The number of primary sulfonamides is 1. The minimum Gasteiger partial charge on any atom is -0.508 e. The van der Waals surface area contributed by atoms with Gasteiger partial charge in [-0.15, -0.1) is 0 Å². The monoisotopic (exact) mass is 345 g/mol. The second-order valence-corrected chi connectivity index (χ2v) is 6.94. The maximum atomic E-state index is 12.3. The number of phenols is 1. The lowest BCUT2D eigenvalue weighted by Gasteiger charge is -2.08. The molecule has 0 saturated heterocycles. The topological polar surface area (TPSA) is 97.5 Å². The van der Waals surface area contributed by atoms with Crippen LogP contribution in [0.15, 0.2) is 53.4 Å². The molecular weight excluding hydrogens is 326 g/mol. The number of aromatic hydroxyl groups is 1. The van der Waals surface area contributed by atoms with E-state index in [1.807, 2.05) is 6.92 Å². The van der Waals surface area contributed by atoms with Crippen LogP contribution in [0.1, 0.15) is 34.8 Å². The van der Waals surface area contributed by atoms with Crippen LogP contribution in [-0.2, 0) is 16.4 Å². The fourth-order valence-corrected chi connectivity index (χ4v) is 3.16. The Morgan fingerprint density at radius 2 is 1.96 bits per heavy atom. The fourth-order valence-electron chi connectivity index (χ4n) is 2.37. The van der Waals surface area contributed by atoms with E-state index >= 15 is 0 Å². The number of carbonyl (C=O) groups excluding carboxylic acids is 1. The molecule has 2 aromatic carbocycles. The first-order chi connectivity index (χ1) is 11.3. The normalized spacial score (nSPS) is 11.8. The van der Waals surface area contributed by atoms with Crippen molar-refractivity contribution in [3.63, 3.8) is 0 Å². The number of hydrogen-bond donors (Lipinski definition) is 2. The van der Waals surface area contributed by atoms with E-state index in [2.05, 4.69) is 0 Å². The van der Waals surface area contributed by atoms with Crippen LogP contribution >= 0.6 is 0 Å². The van der Waals surface area contributed by atoms with Crippen LogP contribution in [0.5, 0.6) is 5.75 Å². The minimum absolute atomic E-state index is 0.0536. The summed E-state index contributed by atoms with van der Waals surface area (Å²) in [6, 6.07) is 10.9. The Morgan fingerprint density at radius 1 is 1.21 bits per heavy atom. The fraction of sp³-hybridized carbons (Fsp3) is 0.167. The standard InChI is InChI=1S/C18H19NO4S/c1-2-4-15-12-14(8-10-18(15)24(19,22)23)17(21)9-7-13-5-3-6-16(20)11-13/h3,5-12,20H,2,4H2,1H3,(H2,19,22,23)/b9-7+. The number of benzene rings is 2. The van der Waals surface area contributed by atoms with E-state index in [1.165, 1.54) is 24.3 Å². The first-order valence-corrected chi connectivity index (χ1v) is 9.03. The maximum absolute atomic E-state index is 12.3. The van der Waals surface area contributed by atoms with Crippen molar-refractivity contribution in [2.75, 3.05) is 0 Å². The minimum atomic E-state index is -3.82. The summed E-state index contributed by atoms with van der Waals surface area (Å²) in [6.45, 7) is 1.92. The van der Waals surface area contributed by atoms with Gasteiger partial charge in [-0.1, -0.05) is 31.6 Å². The Hall–Kier alpha value is -2.44. The van der Waals surface area contributed by atoms with E-state index in [0.717, 1.165) is 6.42 Å². The molecule has 5 nitrogen and oxygen atoms in total. The highest BCUT2D eigenvalue weighted by atomic mass is 32.2. The second kappa shape index (κ2) is 7.42. The van der Waals surface area contributed by atoms with Crippen LogP contribution in [0, 0.1) is 0 Å². The Balaban J connectivity index is 2.31. The lowest BCUT2D eigenvalue weighted by atomic mass is 10.0. The molecule has 2 rings (SSSR count). The number of carbonyl (C=O) groups is 1. The molecule has 0 aliphatic rings. The van der Waals surface area contributed by atoms with Gasteiger partial charge in [0.15, 0.2) is 5.78 Å². The van der Waals surface area contributed by atoms with Gasteiger partial charge in [0.05, 0.1) is 4.90 Å². The van der Waals surface area contributed by atoms with Gasteiger partial charge in [0.1, 0.15) is 5.75 Å². The number of phenolic OH excluding ortho intramolecular Hbond substituents is 1. The molecule has 0 heterocycles. The molecule has 0 aliphatic heterocycles. The molecule has 126 valence electrons. The predicted molar refractivity (Wildman–Crippen MR) is 93.3 cm³/mol. The summed E-state index contributed by atoms with van der Waals surface area (Å²) in [4.78, 5) is 12.3. The van der Waals surface area contributed by atoms with Crippen molar-refractivity contribution in [3.8, 4) is 5.75 Å². The van der Waals surface area contributed by atoms with Gasteiger partial charge in [0, 0.05) is 5.56 Å². The summed E-state index contributed by atoms with van der Waals surface area (Å²) in [5, 5.41) is 14.6. The van der Waals surface area contributed by atoms with Gasteiger partial charge in [-0.05, 0) is 54.0 Å². The highest BCUT2D eigenvalue weighted by molar-refractivity contribution is 7.89. The first-order valence-electron chi connectivity index (χ1n) is 7.48. The van der Waals surface area contributed by atoms with Crippen LogP contribution < -0.4 is 5.14 Å². The molecule has 24 heavy (non-hydrogen) atoms. The van der Waals surface area contributed by atoms with Crippen molar-refractivity contribution in [3.05, 3.63) is 65.2 Å². The van der Waals surface area contributed by atoms with Gasteiger partial charge in [-0.25, -0.2) is 13.6 Å². The first kappa shape index (κ1) is 17.9. The molecule has 0 amide bonds. The van der Waals surface area contributed by atoms with Crippen LogP contribution in [0.25, 0.3) is 6.08 Å². The second-order valence-electron chi connectivity index (χ2n) is 5.41. The summed E-state index contributed by atoms with van der Waals surface area (Å²) in [7, 11) is -3.82. The molecule has 0 saturated carbocycles. The van der Waals surface area contributed by atoms with E-state index in [0.29, 0.717) is 23.1 Å². The van der Waals surface area contributed by atoms with Gasteiger partial charge in [0.25, 0.3) is 0 Å². The summed E-state index contributed by atoms with van der Waals surface area (Å²) >= 11 is 0. The zero-order valence-electron chi connectivity index (χ0n) is 13.3. The molecule has 0 aromatic heterocycles. The largest absolute Gasteiger partial charge is 0.508 e. The van der Waals surface area contributed by atoms with Gasteiger partial charge < -0.3 is 5.11 Å². The van der Waals surface area contributed by atoms with Crippen molar-refractivity contribution in [2.45, 2.75) is 24.7 Å². The third-order valence-corrected chi connectivity index (χ3v) is 4.48. The van der Waals surface area contributed by atoms with E-state index < -0.39 is 10.0 Å². The zero-order chi connectivity index (χ0) is 17.7. The quantitative estimate of drug-likeness (QED) is 0.621. The summed E-state index contributed by atoms with van der Waals surface area (Å²) in [5.74, 6) is -0.135. The summed E-state index contributed by atoms with van der Waals surface area (Å²) < 4.78 is 23.2. The number of allylic oxidation sites excluding steroid dienone is 1. The molecule has 0 radical (unpaired) electrons. The maximum Gasteiger partial charge on any atom is 0.238 e. The lowest BCUT2D eigenvalue weighted by Crippen LogP contribution is -2.15. The Morgan fingerprint density at radius 3 is 2.58 bits per heavy atom.